The number of nitrogens with one attached hydrogen (secondary N) is 1. The first kappa shape index (κ1) is 12.8. The van der Waals surface area contributed by atoms with Gasteiger partial charge in [-0.3, -0.25) is 0 Å². The van der Waals surface area contributed by atoms with Crippen molar-refractivity contribution in [3.63, 3.8) is 0 Å². The van der Waals surface area contributed by atoms with Gasteiger partial charge in [0.05, 0.1) is 0 Å². The van der Waals surface area contributed by atoms with Crippen molar-refractivity contribution in [3.8, 4) is 0 Å². The second-order valence-electron chi connectivity index (χ2n) is 5.95. The number of hydrogen-bond acceptors (Lipinski definition) is 1. The summed E-state index contributed by atoms with van der Waals surface area (Å²) >= 11 is 6.00. The molecular formula is C15H22ClN. The van der Waals surface area contributed by atoms with E-state index in [4.69, 9.17) is 11.6 Å². The quantitative estimate of drug-likeness (QED) is 0.720. The summed E-state index contributed by atoms with van der Waals surface area (Å²) in [6.45, 7) is 4.77. The molecule has 1 saturated carbocycles. The largest absolute Gasteiger partial charge is 0.382 e. The molecule has 1 atom stereocenters. The molecule has 1 aliphatic carbocycles. The Morgan fingerprint density at radius 1 is 1.24 bits per heavy atom. The summed E-state index contributed by atoms with van der Waals surface area (Å²) in [6, 6.07) is 8.64. The van der Waals surface area contributed by atoms with Crippen molar-refractivity contribution in [1.82, 2.24) is 0 Å². The lowest BCUT2D eigenvalue weighted by Crippen LogP contribution is -2.19. The molecule has 2 heteroatoms. The van der Waals surface area contributed by atoms with Crippen molar-refractivity contribution >= 4 is 17.3 Å². The summed E-state index contributed by atoms with van der Waals surface area (Å²) in [5, 5.41) is 4.42. The summed E-state index contributed by atoms with van der Waals surface area (Å²) in [4.78, 5) is 0. The molecule has 1 fully saturated rings. The molecule has 1 nitrogen and oxygen atoms in total. The second kappa shape index (κ2) is 5.30. The molecule has 1 unspecified atom stereocenters. The molecule has 0 amide bonds. The predicted molar refractivity (Wildman–Crippen MR) is 75.7 cm³/mol. The summed E-state index contributed by atoms with van der Waals surface area (Å²) in [5.41, 5.74) is 1.67. The lowest BCUT2D eigenvalue weighted by molar-refractivity contribution is 0.313. The van der Waals surface area contributed by atoms with Gasteiger partial charge in [0, 0.05) is 16.8 Å². The third kappa shape index (κ3) is 3.92. The fraction of sp³-hybridized carbons (Fsp3) is 0.600. The number of hydrogen-bond donors (Lipinski definition) is 1. The van der Waals surface area contributed by atoms with Gasteiger partial charge in [-0.15, -0.1) is 0 Å². The van der Waals surface area contributed by atoms with E-state index in [0.29, 0.717) is 11.5 Å². The van der Waals surface area contributed by atoms with Crippen LogP contribution < -0.4 is 5.32 Å². The van der Waals surface area contributed by atoms with E-state index in [-0.39, 0.29) is 0 Å². The molecular weight excluding hydrogens is 230 g/mol. The zero-order chi connectivity index (χ0) is 12.3. The molecule has 0 bridgehead atoms. The van der Waals surface area contributed by atoms with Crippen LogP contribution in [0.5, 0.6) is 0 Å². The van der Waals surface area contributed by atoms with E-state index >= 15 is 0 Å². The van der Waals surface area contributed by atoms with Crippen LogP contribution in [0.4, 0.5) is 5.69 Å². The molecule has 0 aliphatic heterocycles. The highest BCUT2D eigenvalue weighted by Crippen LogP contribution is 2.34. The van der Waals surface area contributed by atoms with Crippen molar-refractivity contribution in [3.05, 3.63) is 29.3 Å². The first-order valence-electron chi connectivity index (χ1n) is 6.57. The fourth-order valence-corrected chi connectivity index (χ4v) is 2.81. The van der Waals surface area contributed by atoms with E-state index in [1.165, 1.54) is 32.1 Å². The van der Waals surface area contributed by atoms with E-state index in [9.17, 15) is 0 Å². The summed E-state index contributed by atoms with van der Waals surface area (Å²) < 4.78 is 0. The highest BCUT2D eigenvalue weighted by Gasteiger charge is 2.24. The molecule has 17 heavy (non-hydrogen) atoms. The first-order valence-corrected chi connectivity index (χ1v) is 6.95. The lowest BCUT2D eigenvalue weighted by Gasteiger charge is -2.22. The predicted octanol–water partition coefficient (Wildman–Crippen LogP) is 5.11. The van der Waals surface area contributed by atoms with Crippen LogP contribution in [0.2, 0.25) is 5.02 Å². The third-order valence-electron chi connectivity index (χ3n) is 3.77. The van der Waals surface area contributed by atoms with E-state index in [1.54, 1.807) is 0 Å². The van der Waals surface area contributed by atoms with Gasteiger partial charge in [-0.25, -0.2) is 0 Å². The standard InChI is InChI=1S/C15H22ClN/c1-15(2)9-4-7-13(8-10-15)17-14-6-3-5-12(16)11-14/h3,5-6,11,13,17H,4,7-10H2,1-2H3. The van der Waals surface area contributed by atoms with E-state index < -0.39 is 0 Å². The lowest BCUT2D eigenvalue weighted by atomic mass is 9.85. The minimum absolute atomic E-state index is 0.519. The number of benzene rings is 1. The average Bonchev–Trinajstić information content (AvgIpc) is 2.41. The van der Waals surface area contributed by atoms with Crippen LogP contribution in [0, 0.1) is 5.41 Å². The minimum atomic E-state index is 0.519. The molecule has 0 saturated heterocycles. The van der Waals surface area contributed by atoms with Gasteiger partial charge in [0.25, 0.3) is 0 Å². The molecule has 1 aromatic carbocycles. The van der Waals surface area contributed by atoms with Gasteiger partial charge in [0.15, 0.2) is 0 Å². The van der Waals surface area contributed by atoms with Crippen LogP contribution in [-0.2, 0) is 0 Å². The molecule has 0 radical (unpaired) electrons. The molecule has 94 valence electrons. The Morgan fingerprint density at radius 3 is 2.82 bits per heavy atom. The molecule has 1 aliphatic rings. The monoisotopic (exact) mass is 251 g/mol. The summed E-state index contributed by atoms with van der Waals surface area (Å²) in [5.74, 6) is 0. The highest BCUT2D eigenvalue weighted by molar-refractivity contribution is 6.30. The van der Waals surface area contributed by atoms with Gasteiger partial charge in [-0.05, 0) is 49.3 Å². The van der Waals surface area contributed by atoms with Gasteiger partial charge in [0.1, 0.15) is 0 Å². The van der Waals surface area contributed by atoms with Gasteiger partial charge in [-0.2, -0.15) is 0 Å². The Bertz CT molecular complexity index is 373. The van der Waals surface area contributed by atoms with Crippen molar-refractivity contribution in [2.45, 2.75) is 52.0 Å². The Hall–Kier alpha value is -0.690. The Labute approximate surface area is 110 Å². The fourth-order valence-electron chi connectivity index (χ4n) is 2.62. The third-order valence-corrected chi connectivity index (χ3v) is 4.01. The van der Waals surface area contributed by atoms with Gasteiger partial charge >= 0.3 is 0 Å². The Morgan fingerprint density at radius 2 is 2.06 bits per heavy atom. The maximum Gasteiger partial charge on any atom is 0.0426 e. The molecule has 2 rings (SSSR count). The van der Waals surface area contributed by atoms with Gasteiger partial charge in [-0.1, -0.05) is 37.9 Å². The summed E-state index contributed by atoms with van der Waals surface area (Å²) in [6.07, 6.45) is 6.52. The van der Waals surface area contributed by atoms with Crippen LogP contribution in [0.15, 0.2) is 24.3 Å². The van der Waals surface area contributed by atoms with Crippen LogP contribution >= 0.6 is 11.6 Å². The molecule has 1 N–H and O–H groups in total. The SMILES string of the molecule is CC1(C)CCCC(Nc2cccc(Cl)c2)CC1. The van der Waals surface area contributed by atoms with Crippen LogP contribution in [-0.4, -0.2) is 6.04 Å². The second-order valence-corrected chi connectivity index (χ2v) is 6.38. The average molecular weight is 252 g/mol. The molecule has 0 spiro atoms. The minimum Gasteiger partial charge on any atom is -0.382 e. The van der Waals surface area contributed by atoms with E-state index in [2.05, 4.69) is 25.2 Å². The molecule has 0 aromatic heterocycles. The smallest absolute Gasteiger partial charge is 0.0426 e. The number of halogens is 1. The van der Waals surface area contributed by atoms with E-state index in [0.717, 1.165) is 10.7 Å². The number of rotatable bonds is 2. The highest BCUT2D eigenvalue weighted by atomic mass is 35.5. The Kier molecular flexibility index (Phi) is 3.98. The number of anilines is 1. The molecule has 1 aromatic rings. The zero-order valence-corrected chi connectivity index (χ0v) is 11.6. The topological polar surface area (TPSA) is 12.0 Å². The van der Waals surface area contributed by atoms with Crippen molar-refractivity contribution in [2.75, 3.05) is 5.32 Å². The van der Waals surface area contributed by atoms with Crippen LogP contribution in [0.1, 0.15) is 46.0 Å². The van der Waals surface area contributed by atoms with Crippen LogP contribution in [0.25, 0.3) is 0 Å². The van der Waals surface area contributed by atoms with Crippen LogP contribution in [0.3, 0.4) is 0 Å². The summed E-state index contributed by atoms with van der Waals surface area (Å²) in [7, 11) is 0. The zero-order valence-electron chi connectivity index (χ0n) is 10.8. The van der Waals surface area contributed by atoms with Gasteiger partial charge in [0.2, 0.25) is 0 Å². The maximum absolute atomic E-state index is 6.00. The van der Waals surface area contributed by atoms with Crippen molar-refractivity contribution in [1.29, 1.82) is 0 Å². The van der Waals surface area contributed by atoms with E-state index in [1.807, 2.05) is 18.2 Å². The Balaban J connectivity index is 1.95. The molecule has 0 heterocycles. The normalized spacial score (nSPS) is 24.1. The first-order chi connectivity index (χ1) is 8.05. The van der Waals surface area contributed by atoms with Crippen molar-refractivity contribution < 1.29 is 0 Å². The maximum atomic E-state index is 6.00. The van der Waals surface area contributed by atoms with Crippen molar-refractivity contribution in [2.24, 2.45) is 5.41 Å². The van der Waals surface area contributed by atoms with Gasteiger partial charge < -0.3 is 5.32 Å².